The van der Waals surface area contributed by atoms with Crippen LogP contribution < -0.4 is 5.32 Å². The maximum atomic E-state index is 12.5. The van der Waals surface area contributed by atoms with E-state index in [1.807, 2.05) is 0 Å². The van der Waals surface area contributed by atoms with Crippen molar-refractivity contribution in [1.82, 2.24) is 20.4 Å². The molecule has 0 bridgehead atoms. The van der Waals surface area contributed by atoms with E-state index in [4.69, 9.17) is 0 Å². The van der Waals surface area contributed by atoms with E-state index in [1.54, 1.807) is 24.3 Å². The Labute approximate surface area is 161 Å². The molecule has 0 spiro atoms. The van der Waals surface area contributed by atoms with Crippen LogP contribution in [0.5, 0.6) is 0 Å². The summed E-state index contributed by atoms with van der Waals surface area (Å²) in [7, 11) is 0. The zero-order valence-corrected chi connectivity index (χ0v) is 15.4. The topological polar surface area (TPSA) is 63.6 Å². The fraction of sp³-hybridized carbons (Fsp3) is 0.143. The number of nitrogens with zero attached hydrogens (tertiary/aromatic N) is 4. The van der Waals surface area contributed by atoms with Crippen LogP contribution in [0.4, 0.5) is 32.8 Å². The molecule has 0 amide bonds. The summed E-state index contributed by atoms with van der Waals surface area (Å²) >= 11 is 2.63. The molecule has 13 heteroatoms. The molecular weight excluding hydrogens is 429 g/mol. The second-order valence-corrected chi connectivity index (χ2v) is 8.07. The highest BCUT2D eigenvalue weighted by molar-refractivity contribution is 8.01. The molecule has 27 heavy (non-hydrogen) atoms. The summed E-state index contributed by atoms with van der Waals surface area (Å²) < 4.78 is 62.4. The first-order valence-electron chi connectivity index (χ1n) is 7.04. The average Bonchev–Trinajstić information content (AvgIpc) is 3.03. The lowest BCUT2D eigenvalue weighted by atomic mass is 10.3. The summed E-state index contributed by atoms with van der Waals surface area (Å²) in [4.78, 5) is 0.435. The van der Waals surface area contributed by atoms with Crippen LogP contribution in [-0.2, 0) is 6.18 Å². The molecule has 2 heterocycles. The normalized spacial score (nSPS) is 11.8. The minimum Gasteiger partial charge on any atom is -0.330 e. The average molecular weight is 437 g/mol. The third-order valence-electron chi connectivity index (χ3n) is 2.86. The van der Waals surface area contributed by atoms with Crippen LogP contribution in [0.3, 0.4) is 0 Å². The zero-order chi connectivity index (χ0) is 19.4. The second-order valence-electron chi connectivity index (χ2n) is 4.76. The van der Waals surface area contributed by atoms with Crippen LogP contribution in [0.1, 0.15) is 5.69 Å². The van der Waals surface area contributed by atoms with E-state index in [2.05, 4.69) is 25.7 Å². The Balaban J connectivity index is 1.61. The minimum absolute atomic E-state index is 0.249. The van der Waals surface area contributed by atoms with Gasteiger partial charge in [-0.1, -0.05) is 23.1 Å². The van der Waals surface area contributed by atoms with E-state index in [1.165, 1.54) is 6.07 Å². The third-order valence-corrected chi connectivity index (χ3v) is 5.40. The Morgan fingerprint density at radius 3 is 2.26 bits per heavy atom. The molecule has 0 unspecified atom stereocenters. The molecule has 0 aliphatic carbocycles. The Hall–Kier alpha value is -1.99. The summed E-state index contributed by atoms with van der Waals surface area (Å²) in [6.45, 7) is 0. The smallest absolute Gasteiger partial charge is 0.330 e. The number of anilines is 2. The van der Waals surface area contributed by atoms with Crippen molar-refractivity contribution in [2.75, 3.05) is 5.32 Å². The van der Waals surface area contributed by atoms with Gasteiger partial charge >= 0.3 is 6.18 Å². The first-order valence-corrected chi connectivity index (χ1v) is 9.55. The van der Waals surface area contributed by atoms with Crippen molar-refractivity contribution in [1.29, 1.82) is 0 Å². The number of rotatable bonds is 6. The van der Waals surface area contributed by atoms with Crippen molar-refractivity contribution >= 4 is 45.7 Å². The van der Waals surface area contributed by atoms with Crippen molar-refractivity contribution in [3.63, 3.8) is 0 Å². The molecule has 0 aliphatic rings. The van der Waals surface area contributed by atoms with E-state index >= 15 is 0 Å². The number of hydrogen-bond acceptors (Lipinski definition) is 8. The number of benzene rings is 1. The fourth-order valence-corrected chi connectivity index (χ4v) is 3.89. The Morgan fingerprint density at radius 2 is 1.67 bits per heavy atom. The number of aromatic nitrogens is 4. The molecule has 0 saturated carbocycles. The van der Waals surface area contributed by atoms with Gasteiger partial charge in [-0.15, -0.1) is 20.4 Å². The van der Waals surface area contributed by atoms with Crippen LogP contribution in [0.2, 0.25) is 0 Å². The second kappa shape index (κ2) is 8.35. The van der Waals surface area contributed by atoms with Gasteiger partial charge in [0, 0.05) is 10.6 Å². The van der Waals surface area contributed by atoms with Crippen molar-refractivity contribution in [2.45, 2.75) is 26.2 Å². The van der Waals surface area contributed by atoms with Crippen molar-refractivity contribution < 1.29 is 22.0 Å². The van der Waals surface area contributed by atoms with E-state index < -0.39 is 17.6 Å². The van der Waals surface area contributed by atoms with Gasteiger partial charge in [0.05, 0.1) is 0 Å². The van der Waals surface area contributed by atoms with Crippen molar-refractivity contribution in [2.24, 2.45) is 0 Å². The van der Waals surface area contributed by atoms with Gasteiger partial charge in [-0.25, -0.2) is 0 Å². The van der Waals surface area contributed by atoms with E-state index in [9.17, 15) is 22.0 Å². The monoisotopic (exact) mass is 437 g/mol. The van der Waals surface area contributed by atoms with Gasteiger partial charge < -0.3 is 5.32 Å². The van der Waals surface area contributed by atoms with Crippen LogP contribution in [0.15, 0.2) is 50.7 Å². The van der Waals surface area contributed by atoms with Crippen molar-refractivity contribution in [3.8, 4) is 0 Å². The van der Waals surface area contributed by atoms with Gasteiger partial charge in [-0.2, -0.15) is 22.0 Å². The quantitative estimate of drug-likeness (QED) is 0.400. The van der Waals surface area contributed by atoms with E-state index in [0.29, 0.717) is 31.8 Å². The van der Waals surface area contributed by atoms with Gasteiger partial charge in [-0.3, -0.25) is 0 Å². The molecule has 1 aromatic carbocycles. The Morgan fingerprint density at radius 1 is 0.926 bits per heavy atom. The predicted octanol–water partition coefficient (Wildman–Crippen LogP) is 5.56. The molecule has 1 N–H and O–H groups in total. The zero-order valence-electron chi connectivity index (χ0n) is 12.9. The largest absolute Gasteiger partial charge is 0.435 e. The molecule has 2 aromatic heterocycles. The highest BCUT2D eigenvalue weighted by Gasteiger charge is 2.32. The van der Waals surface area contributed by atoms with E-state index in [0.717, 1.165) is 29.2 Å². The molecule has 0 saturated heterocycles. The van der Waals surface area contributed by atoms with Gasteiger partial charge in [-0.05, 0) is 48.2 Å². The molecule has 0 aliphatic heterocycles. The summed E-state index contributed by atoms with van der Waals surface area (Å²) in [6.07, 6.45) is -4.54. The van der Waals surface area contributed by atoms with Gasteiger partial charge in [0.1, 0.15) is 5.03 Å². The number of thioether (sulfide) groups is 1. The predicted molar refractivity (Wildman–Crippen MR) is 92.7 cm³/mol. The SMILES string of the molecule is FC(F)Sc1ccc(Nc2nnc(Sc3ccc(C(F)(F)F)nn3)s2)cc1. The summed E-state index contributed by atoms with van der Waals surface area (Å²) in [5.74, 6) is -2.49. The molecule has 0 fully saturated rings. The maximum absolute atomic E-state index is 12.5. The Bertz CT molecular complexity index is 883. The first-order chi connectivity index (χ1) is 12.8. The molecule has 142 valence electrons. The van der Waals surface area contributed by atoms with Crippen LogP contribution in [-0.4, -0.2) is 26.2 Å². The standard InChI is InChI=1S/C14H8F5N5S3/c15-11(16)25-8-3-1-7(2-4-8)20-12-23-24-13(27-12)26-10-6-5-9(21-22-10)14(17,18)19/h1-6,11H,(H,20,23). The van der Waals surface area contributed by atoms with Gasteiger partial charge in [0.15, 0.2) is 10.0 Å². The maximum Gasteiger partial charge on any atom is 0.435 e. The van der Waals surface area contributed by atoms with E-state index in [-0.39, 0.29) is 5.03 Å². The highest BCUT2D eigenvalue weighted by atomic mass is 32.2. The van der Waals surface area contributed by atoms with Crippen LogP contribution in [0.25, 0.3) is 0 Å². The highest BCUT2D eigenvalue weighted by Crippen LogP contribution is 2.33. The molecule has 0 radical (unpaired) electrons. The molecule has 3 rings (SSSR count). The van der Waals surface area contributed by atoms with Crippen molar-refractivity contribution in [3.05, 3.63) is 42.1 Å². The molecule has 3 aromatic rings. The third kappa shape index (κ3) is 5.74. The molecule has 0 atom stereocenters. The lowest BCUT2D eigenvalue weighted by molar-refractivity contribution is -0.141. The summed E-state index contributed by atoms with van der Waals surface area (Å²) in [6, 6.07) is 8.39. The minimum atomic E-state index is -4.54. The van der Waals surface area contributed by atoms with Crippen LogP contribution >= 0.6 is 34.9 Å². The first kappa shape index (κ1) is 19.8. The van der Waals surface area contributed by atoms with Gasteiger partial charge in [0.25, 0.3) is 5.76 Å². The molecule has 5 nitrogen and oxygen atoms in total. The molecular formula is C14H8F5N5S3. The number of hydrogen-bond donors (Lipinski definition) is 1. The summed E-state index contributed by atoms with van der Waals surface area (Å²) in [5, 5.41) is 18.1. The lowest BCUT2D eigenvalue weighted by Gasteiger charge is -2.04. The Kier molecular flexibility index (Phi) is 6.11. The number of halogens is 5. The summed E-state index contributed by atoms with van der Waals surface area (Å²) in [5.41, 5.74) is -0.435. The lowest BCUT2D eigenvalue weighted by Crippen LogP contribution is -2.08. The fourth-order valence-electron chi connectivity index (χ4n) is 1.76. The number of alkyl halides is 5. The number of nitrogens with one attached hydrogen (secondary N) is 1. The van der Waals surface area contributed by atoms with Gasteiger partial charge in [0.2, 0.25) is 5.13 Å². The van der Waals surface area contributed by atoms with Crippen LogP contribution in [0, 0.1) is 0 Å².